The van der Waals surface area contributed by atoms with Crippen LogP contribution in [-0.2, 0) is 10.3 Å². The van der Waals surface area contributed by atoms with Crippen LogP contribution < -0.4 is 5.32 Å². The van der Waals surface area contributed by atoms with Crippen LogP contribution in [0.1, 0.15) is 63.6 Å². The van der Waals surface area contributed by atoms with E-state index in [-0.39, 0.29) is 5.54 Å². The molecule has 1 aliphatic rings. The highest BCUT2D eigenvalue weighted by Gasteiger charge is 2.43. The van der Waals surface area contributed by atoms with Crippen molar-refractivity contribution in [2.45, 2.75) is 58.4 Å². The van der Waals surface area contributed by atoms with Crippen molar-refractivity contribution in [3.05, 3.63) is 16.1 Å². The number of rotatable bonds is 6. The van der Waals surface area contributed by atoms with Gasteiger partial charge in [-0.3, -0.25) is 0 Å². The number of aromatic nitrogens is 1. The van der Waals surface area contributed by atoms with Gasteiger partial charge >= 0.3 is 0 Å². The third-order valence-electron chi connectivity index (χ3n) is 4.87. The third kappa shape index (κ3) is 3.66. The number of hydrogen-bond acceptors (Lipinski definition) is 4. The van der Waals surface area contributed by atoms with Gasteiger partial charge in [-0.15, -0.1) is 11.3 Å². The number of methoxy groups -OCH3 is 1. The molecule has 3 nitrogen and oxygen atoms in total. The summed E-state index contributed by atoms with van der Waals surface area (Å²) < 4.78 is 5.23. The minimum absolute atomic E-state index is 0.0445. The van der Waals surface area contributed by atoms with Gasteiger partial charge in [-0.05, 0) is 37.0 Å². The molecule has 0 saturated heterocycles. The Morgan fingerprint density at radius 2 is 2.24 bits per heavy atom. The van der Waals surface area contributed by atoms with Crippen molar-refractivity contribution in [1.82, 2.24) is 10.3 Å². The van der Waals surface area contributed by atoms with Crippen LogP contribution in [0.15, 0.2) is 5.38 Å². The van der Waals surface area contributed by atoms with Crippen LogP contribution in [0.5, 0.6) is 0 Å². The number of nitrogens with one attached hydrogen (secondary N) is 1. The molecule has 3 unspecified atom stereocenters. The van der Waals surface area contributed by atoms with Gasteiger partial charge in [0.2, 0.25) is 0 Å². The van der Waals surface area contributed by atoms with E-state index < -0.39 is 0 Å². The summed E-state index contributed by atoms with van der Waals surface area (Å²) in [6.07, 6.45) is 3.74. The topological polar surface area (TPSA) is 34.1 Å². The zero-order chi connectivity index (χ0) is 15.5. The van der Waals surface area contributed by atoms with E-state index in [1.807, 2.05) is 11.3 Å². The summed E-state index contributed by atoms with van der Waals surface area (Å²) in [4.78, 5) is 4.97. The Morgan fingerprint density at radius 3 is 2.81 bits per heavy atom. The lowest BCUT2D eigenvalue weighted by Crippen LogP contribution is -2.51. The monoisotopic (exact) mass is 310 g/mol. The van der Waals surface area contributed by atoms with E-state index in [0.717, 1.165) is 19.1 Å². The Kier molecular flexibility index (Phi) is 5.81. The van der Waals surface area contributed by atoms with Gasteiger partial charge in [-0.1, -0.05) is 27.7 Å². The van der Waals surface area contributed by atoms with Gasteiger partial charge < -0.3 is 10.1 Å². The van der Waals surface area contributed by atoms with Crippen LogP contribution in [0.3, 0.4) is 0 Å². The van der Waals surface area contributed by atoms with E-state index in [4.69, 9.17) is 9.72 Å². The van der Waals surface area contributed by atoms with Crippen LogP contribution in [0, 0.1) is 11.8 Å². The maximum Gasteiger partial charge on any atom is 0.113 e. The number of nitrogens with zero attached hydrogens (tertiary/aromatic N) is 1. The largest absolute Gasteiger partial charge is 0.383 e. The average Bonchev–Trinajstić information content (AvgIpc) is 2.92. The van der Waals surface area contributed by atoms with Crippen LogP contribution >= 0.6 is 11.3 Å². The summed E-state index contributed by atoms with van der Waals surface area (Å²) in [6.45, 7) is 10.8. The van der Waals surface area contributed by atoms with Crippen molar-refractivity contribution < 1.29 is 4.74 Å². The van der Waals surface area contributed by atoms with Crippen molar-refractivity contribution in [2.24, 2.45) is 11.8 Å². The molecule has 1 aromatic heterocycles. The molecule has 1 fully saturated rings. The molecular weight excluding hydrogens is 280 g/mol. The first-order chi connectivity index (χ1) is 9.99. The summed E-state index contributed by atoms with van der Waals surface area (Å²) >= 11 is 1.83. The molecule has 120 valence electrons. The first kappa shape index (κ1) is 16.9. The summed E-state index contributed by atoms with van der Waals surface area (Å²) in [5.74, 6) is 1.94. The molecule has 0 amide bonds. The third-order valence-corrected chi connectivity index (χ3v) is 5.91. The van der Waals surface area contributed by atoms with E-state index in [1.54, 1.807) is 7.11 Å². The van der Waals surface area contributed by atoms with Crippen molar-refractivity contribution >= 4 is 11.3 Å². The van der Waals surface area contributed by atoms with Gasteiger partial charge in [0.05, 0.1) is 17.8 Å². The first-order valence-corrected chi connectivity index (χ1v) is 9.07. The molecule has 0 radical (unpaired) electrons. The lowest BCUT2D eigenvalue weighted by atomic mass is 9.70. The van der Waals surface area contributed by atoms with Crippen molar-refractivity contribution in [3.8, 4) is 0 Å². The lowest BCUT2D eigenvalue weighted by molar-refractivity contribution is 0.105. The zero-order valence-corrected chi connectivity index (χ0v) is 14.9. The molecule has 1 N–H and O–H groups in total. The van der Waals surface area contributed by atoms with E-state index in [0.29, 0.717) is 11.8 Å². The highest BCUT2D eigenvalue weighted by atomic mass is 32.1. The standard InChI is InChI=1S/C17H30N2OS/c1-12(2)15-11-21-16(19-15)17(18-8-9-20-5)7-6-13(3)10-14(17)4/h11-14,18H,6-10H2,1-5H3. The summed E-state index contributed by atoms with van der Waals surface area (Å²) in [5.41, 5.74) is 1.27. The predicted molar refractivity (Wildman–Crippen MR) is 89.9 cm³/mol. The Hall–Kier alpha value is -0.450. The fourth-order valence-corrected chi connectivity index (χ4v) is 4.73. The SMILES string of the molecule is COCCNC1(c2nc(C(C)C)cs2)CCC(C)CC1C. The van der Waals surface area contributed by atoms with Crippen molar-refractivity contribution in [1.29, 1.82) is 0 Å². The minimum atomic E-state index is 0.0445. The highest BCUT2D eigenvalue weighted by Crippen LogP contribution is 2.45. The Balaban J connectivity index is 2.25. The maximum absolute atomic E-state index is 5.23. The van der Waals surface area contributed by atoms with Crippen LogP contribution in [0.25, 0.3) is 0 Å². The van der Waals surface area contributed by atoms with Gasteiger partial charge in [0.1, 0.15) is 5.01 Å². The molecular formula is C17H30N2OS. The second-order valence-corrected chi connectivity index (χ2v) is 7.76. The molecule has 0 aliphatic heterocycles. The number of thiazole rings is 1. The van der Waals surface area contributed by atoms with E-state index in [9.17, 15) is 0 Å². The van der Waals surface area contributed by atoms with E-state index in [2.05, 4.69) is 38.4 Å². The normalized spacial score (nSPS) is 30.0. The predicted octanol–water partition coefficient (Wildman–Crippen LogP) is 4.15. The molecule has 4 heteroatoms. The fourth-order valence-electron chi connectivity index (χ4n) is 3.43. The van der Waals surface area contributed by atoms with E-state index >= 15 is 0 Å². The molecule has 21 heavy (non-hydrogen) atoms. The first-order valence-electron chi connectivity index (χ1n) is 8.19. The number of ether oxygens (including phenoxy) is 1. The quantitative estimate of drug-likeness (QED) is 0.801. The van der Waals surface area contributed by atoms with Gasteiger partial charge in [0.15, 0.2) is 0 Å². The minimum Gasteiger partial charge on any atom is -0.383 e. The van der Waals surface area contributed by atoms with Gasteiger partial charge in [-0.2, -0.15) is 0 Å². The maximum atomic E-state index is 5.23. The van der Waals surface area contributed by atoms with Gasteiger partial charge in [0.25, 0.3) is 0 Å². The highest BCUT2D eigenvalue weighted by molar-refractivity contribution is 7.09. The van der Waals surface area contributed by atoms with Crippen LogP contribution in [-0.4, -0.2) is 25.2 Å². The summed E-state index contributed by atoms with van der Waals surface area (Å²) in [6, 6.07) is 0. The molecule has 1 aliphatic carbocycles. The molecule has 1 saturated carbocycles. The smallest absolute Gasteiger partial charge is 0.113 e. The van der Waals surface area contributed by atoms with Crippen molar-refractivity contribution in [2.75, 3.05) is 20.3 Å². The number of hydrogen-bond donors (Lipinski definition) is 1. The summed E-state index contributed by atoms with van der Waals surface area (Å²) in [5, 5.41) is 7.32. The average molecular weight is 311 g/mol. The molecule has 0 spiro atoms. The fraction of sp³-hybridized carbons (Fsp3) is 0.824. The molecule has 2 rings (SSSR count). The Labute approximate surface area is 133 Å². The molecule has 1 heterocycles. The lowest BCUT2D eigenvalue weighted by Gasteiger charge is -2.44. The van der Waals surface area contributed by atoms with Gasteiger partial charge in [0, 0.05) is 19.0 Å². The van der Waals surface area contributed by atoms with Crippen LogP contribution in [0.4, 0.5) is 0 Å². The second-order valence-electron chi connectivity index (χ2n) is 6.90. The molecule has 1 aromatic rings. The molecule has 0 aromatic carbocycles. The van der Waals surface area contributed by atoms with Gasteiger partial charge in [-0.25, -0.2) is 4.98 Å². The summed E-state index contributed by atoms with van der Waals surface area (Å²) in [7, 11) is 1.76. The Morgan fingerprint density at radius 1 is 1.48 bits per heavy atom. The Bertz CT molecular complexity index is 446. The van der Waals surface area contributed by atoms with Crippen LogP contribution in [0.2, 0.25) is 0 Å². The zero-order valence-electron chi connectivity index (χ0n) is 14.1. The molecule has 3 atom stereocenters. The van der Waals surface area contributed by atoms with Crippen molar-refractivity contribution in [3.63, 3.8) is 0 Å². The molecule has 0 bridgehead atoms. The second kappa shape index (κ2) is 7.21. The van der Waals surface area contributed by atoms with E-state index in [1.165, 1.54) is 30.0 Å².